The number of allylic oxidation sites excluding steroid dienone is 1. The lowest BCUT2D eigenvalue weighted by molar-refractivity contribution is 1.06. The highest BCUT2D eigenvalue weighted by molar-refractivity contribution is 6.18. The Morgan fingerprint density at radius 2 is 1.02 bits per heavy atom. The second kappa shape index (κ2) is 12.6. The fraction of sp³-hybridized carbons (Fsp3) is 0.0217. The maximum absolute atomic E-state index is 4.95. The standard InChI is InChI=1S/C46H33N5/c1-3-16-39-36(4-2)42-41(30-29-38-37-23-14-15-24-40(37)51(43(38)42)34-21-12-7-13-22-34)50(39)35-27-25-33(26-28-35)46-48-44(31-17-8-5-9-18-31)47-45(49-46)32-19-10-6-11-20-32/h3-30H,1H2,2H3/b36-4+,39-16+. The number of para-hydroxylation sites is 2. The van der Waals surface area contributed by atoms with Crippen LogP contribution in [0.4, 0.5) is 0 Å². The predicted molar refractivity (Wildman–Crippen MR) is 211 cm³/mol. The number of hydrogen-bond acceptors (Lipinski definition) is 3. The van der Waals surface area contributed by atoms with E-state index in [4.69, 9.17) is 15.0 Å². The monoisotopic (exact) mass is 655 g/mol. The van der Waals surface area contributed by atoms with Crippen molar-refractivity contribution in [2.75, 3.05) is 0 Å². The number of nitrogens with zero attached hydrogens (tertiary/aromatic N) is 5. The summed E-state index contributed by atoms with van der Waals surface area (Å²) in [6, 6.07) is 52.5. The SMILES string of the molecule is C=C/C=c1\c(=C/C)c2c(ccc3c4ccccc4n(-c4ccccc4)c32)n1-c1ccc(-c2nc(-c3ccccc3)nc(-c3ccccc3)n2)cc1. The lowest BCUT2D eigenvalue weighted by atomic mass is 10.1. The van der Waals surface area contributed by atoms with Crippen LogP contribution in [0.15, 0.2) is 164 Å². The lowest BCUT2D eigenvalue weighted by Crippen LogP contribution is -2.28. The van der Waals surface area contributed by atoms with Gasteiger partial charge in [-0.25, -0.2) is 15.0 Å². The first-order chi connectivity index (χ1) is 25.2. The largest absolute Gasteiger partial charge is 0.309 e. The molecule has 242 valence electrons. The van der Waals surface area contributed by atoms with E-state index in [0.717, 1.165) is 44.1 Å². The first-order valence-electron chi connectivity index (χ1n) is 17.1. The van der Waals surface area contributed by atoms with Crippen molar-refractivity contribution in [1.29, 1.82) is 0 Å². The molecule has 5 nitrogen and oxygen atoms in total. The highest BCUT2D eigenvalue weighted by Gasteiger charge is 2.20. The van der Waals surface area contributed by atoms with E-state index in [0.29, 0.717) is 17.5 Å². The van der Waals surface area contributed by atoms with Crippen molar-refractivity contribution in [2.24, 2.45) is 0 Å². The van der Waals surface area contributed by atoms with E-state index in [2.05, 4.69) is 126 Å². The topological polar surface area (TPSA) is 48.5 Å². The highest BCUT2D eigenvalue weighted by Crippen LogP contribution is 2.36. The number of aromatic nitrogens is 5. The zero-order valence-electron chi connectivity index (χ0n) is 28.1. The van der Waals surface area contributed by atoms with Gasteiger partial charge in [0.1, 0.15) is 0 Å². The molecule has 0 saturated carbocycles. The van der Waals surface area contributed by atoms with E-state index in [1.807, 2.05) is 66.7 Å². The van der Waals surface area contributed by atoms with Gasteiger partial charge in [0.05, 0.1) is 21.9 Å². The van der Waals surface area contributed by atoms with Crippen LogP contribution in [0.25, 0.3) is 90.4 Å². The molecule has 9 rings (SSSR count). The van der Waals surface area contributed by atoms with Gasteiger partial charge in [-0.15, -0.1) is 0 Å². The van der Waals surface area contributed by atoms with Gasteiger partial charge in [0.25, 0.3) is 0 Å². The van der Waals surface area contributed by atoms with Crippen LogP contribution in [0.1, 0.15) is 6.92 Å². The van der Waals surface area contributed by atoms with Gasteiger partial charge in [0, 0.05) is 49.4 Å². The Morgan fingerprint density at radius 3 is 1.61 bits per heavy atom. The van der Waals surface area contributed by atoms with Crippen molar-refractivity contribution in [3.63, 3.8) is 0 Å². The van der Waals surface area contributed by atoms with Crippen LogP contribution in [0.3, 0.4) is 0 Å². The zero-order valence-corrected chi connectivity index (χ0v) is 28.1. The van der Waals surface area contributed by atoms with Crippen LogP contribution in [0.2, 0.25) is 0 Å². The maximum atomic E-state index is 4.95. The van der Waals surface area contributed by atoms with Crippen molar-refractivity contribution in [2.45, 2.75) is 6.92 Å². The Labute approximate surface area is 295 Å². The summed E-state index contributed by atoms with van der Waals surface area (Å²) >= 11 is 0. The Bertz CT molecular complexity index is 2790. The quantitative estimate of drug-likeness (QED) is 0.179. The molecule has 0 radical (unpaired) electrons. The molecule has 6 aromatic carbocycles. The summed E-state index contributed by atoms with van der Waals surface area (Å²) in [5, 5.41) is 5.89. The lowest BCUT2D eigenvalue weighted by Gasteiger charge is -2.11. The Kier molecular flexibility index (Phi) is 7.44. The molecule has 0 amide bonds. The number of hydrogen-bond donors (Lipinski definition) is 0. The van der Waals surface area contributed by atoms with Gasteiger partial charge in [-0.05, 0) is 61.5 Å². The fourth-order valence-corrected chi connectivity index (χ4v) is 7.27. The zero-order chi connectivity index (χ0) is 34.3. The summed E-state index contributed by atoms with van der Waals surface area (Å²) in [6.45, 7) is 6.23. The molecule has 0 fully saturated rings. The van der Waals surface area contributed by atoms with Crippen LogP contribution in [0, 0.1) is 0 Å². The van der Waals surface area contributed by atoms with Crippen molar-refractivity contribution >= 4 is 44.9 Å². The molecule has 3 heterocycles. The molecule has 3 aromatic heterocycles. The third-order valence-electron chi connectivity index (χ3n) is 9.50. The second-order valence-corrected chi connectivity index (χ2v) is 12.5. The predicted octanol–water partition coefficient (Wildman–Crippen LogP) is 9.68. The van der Waals surface area contributed by atoms with Crippen molar-refractivity contribution in [3.8, 4) is 45.5 Å². The maximum Gasteiger partial charge on any atom is 0.164 e. The normalized spacial score (nSPS) is 12.3. The van der Waals surface area contributed by atoms with Crippen molar-refractivity contribution in [3.05, 3.63) is 175 Å². The van der Waals surface area contributed by atoms with Gasteiger partial charge in [-0.1, -0.05) is 122 Å². The fourth-order valence-electron chi connectivity index (χ4n) is 7.27. The van der Waals surface area contributed by atoms with E-state index >= 15 is 0 Å². The minimum atomic E-state index is 0.626. The number of fused-ring (bicyclic) bond motifs is 5. The summed E-state index contributed by atoms with van der Waals surface area (Å²) < 4.78 is 4.74. The average molecular weight is 656 g/mol. The van der Waals surface area contributed by atoms with Crippen LogP contribution in [0.5, 0.6) is 0 Å². The van der Waals surface area contributed by atoms with Gasteiger partial charge in [0.15, 0.2) is 17.5 Å². The molecule has 5 heteroatoms. The smallest absolute Gasteiger partial charge is 0.164 e. The van der Waals surface area contributed by atoms with Crippen LogP contribution < -0.4 is 10.6 Å². The molecule has 0 unspecified atom stereocenters. The Hall–Kier alpha value is -6.85. The van der Waals surface area contributed by atoms with E-state index in [1.165, 1.54) is 27.2 Å². The first kappa shape index (κ1) is 30.2. The molecule has 9 aromatic rings. The van der Waals surface area contributed by atoms with E-state index < -0.39 is 0 Å². The summed E-state index contributed by atoms with van der Waals surface area (Å²) in [5.74, 6) is 1.91. The molecule has 0 aliphatic carbocycles. The van der Waals surface area contributed by atoms with Gasteiger partial charge < -0.3 is 9.13 Å². The molecule has 0 bridgehead atoms. The van der Waals surface area contributed by atoms with Crippen LogP contribution >= 0.6 is 0 Å². The molecule has 0 spiro atoms. The summed E-state index contributed by atoms with van der Waals surface area (Å²) in [5.41, 5.74) is 8.46. The van der Waals surface area contributed by atoms with Crippen LogP contribution in [-0.4, -0.2) is 24.1 Å². The Morgan fingerprint density at radius 1 is 0.490 bits per heavy atom. The summed E-state index contributed by atoms with van der Waals surface area (Å²) in [4.78, 5) is 14.8. The highest BCUT2D eigenvalue weighted by atomic mass is 15.0. The first-order valence-corrected chi connectivity index (χ1v) is 17.1. The molecule has 0 atom stereocenters. The molecule has 0 aliphatic heterocycles. The molecule has 0 aliphatic rings. The van der Waals surface area contributed by atoms with Gasteiger partial charge in [-0.2, -0.15) is 0 Å². The van der Waals surface area contributed by atoms with Crippen molar-refractivity contribution in [1.82, 2.24) is 24.1 Å². The molecular weight excluding hydrogens is 623 g/mol. The third kappa shape index (κ3) is 5.06. The van der Waals surface area contributed by atoms with Gasteiger partial charge >= 0.3 is 0 Å². The summed E-state index contributed by atoms with van der Waals surface area (Å²) in [6.07, 6.45) is 6.20. The third-order valence-corrected chi connectivity index (χ3v) is 9.50. The van der Waals surface area contributed by atoms with Gasteiger partial charge in [-0.3, -0.25) is 0 Å². The Balaban J connectivity index is 1.27. The minimum Gasteiger partial charge on any atom is -0.309 e. The summed E-state index contributed by atoms with van der Waals surface area (Å²) in [7, 11) is 0. The van der Waals surface area contributed by atoms with Gasteiger partial charge in [0.2, 0.25) is 0 Å². The molecule has 51 heavy (non-hydrogen) atoms. The molecular formula is C46H33N5. The molecule has 0 N–H and O–H groups in total. The van der Waals surface area contributed by atoms with Crippen LogP contribution in [-0.2, 0) is 0 Å². The van der Waals surface area contributed by atoms with Crippen molar-refractivity contribution < 1.29 is 0 Å². The van der Waals surface area contributed by atoms with E-state index in [9.17, 15) is 0 Å². The number of benzene rings is 6. The average Bonchev–Trinajstić information content (AvgIpc) is 3.71. The second-order valence-electron chi connectivity index (χ2n) is 12.5. The van der Waals surface area contributed by atoms with E-state index in [1.54, 1.807) is 0 Å². The number of rotatable bonds is 6. The van der Waals surface area contributed by atoms with E-state index in [-0.39, 0.29) is 0 Å². The minimum absolute atomic E-state index is 0.626. The molecule has 0 saturated heterocycles.